The number of benzene rings is 2. The number of aromatic nitrogens is 2. The maximum Gasteiger partial charge on any atom is 0.251 e. The van der Waals surface area contributed by atoms with Crippen LogP contribution in [0, 0.1) is 0 Å². The predicted molar refractivity (Wildman–Crippen MR) is 95.3 cm³/mol. The van der Waals surface area contributed by atoms with Crippen LogP contribution in [-0.4, -0.2) is 27.7 Å². The van der Waals surface area contributed by atoms with E-state index >= 15 is 0 Å². The zero-order valence-electron chi connectivity index (χ0n) is 14.2. The molecule has 1 unspecified atom stereocenters. The minimum absolute atomic E-state index is 0.190. The maximum atomic E-state index is 12.5. The summed E-state index contributed by atoms with van der Waals surface area (Å²) in [5.74, 6) is 0.256. The first-order valence-electron chi connectivity index (χ1n) is 8.61. The van der Waals surface area contributed by atoms with Crippen molar-refractivity contribution in [2.24, 2.45) is 0 Å². The lowest BCUT2D eigenvalue weighted by Crippen LogP contribution is -2.43. The van der Waals surface area contributed by atoms with Gasteiger partial charge in [0, 0.05) is 11.1 Å². The van der Waals surface area contributed by atoms with E-state index in [0.717, 1.165) is 29.5 Å². The Kier molecular flexibility index (Phi) is 4.26. The maximum absolute atomic E-state index is 12.5. The molecule has 1 aliphatic carbocycles. The minimum Gasteiger partial charge on any atom is -0.383 e. The van der Waals surface area contributed by atoms with Gasteiger partial charge in [-0.2, -0.15) is 4.98 Å². The quantitative estimate of drug-likeness (QED) is 0.756. The molecule has 4 rings (SSSR count). The highest BCUT2D eigenvalue weighted by Gasteiger charge is 2.34. The second-order valence-corrected chi connectivity index (χ2v) is 6.56. The molecule has 0 radical (unpaired) electrons. The highest BCUT2D eigenvalue weighted by molar-refractivity contribution is 5.94. The average molecular weight is 349 g/mol. The Morgan fingerprint density at radius 2 is 2.00 bits per heavy atom. The van der Waals surface area contributed by atoms with Gasteiger partial charge in [0.15, 0.2) is 0 Å². The van der Waals surface area contributed by atoms with Crippen LogP contribution in [0.5, 0.6) is 0 Å². The number of amides is 1. The molecule has 1 heterocycles. The third-order valence-electron chi connectivity index (χ3n) is 4.86. The van der Waals surface area contributed by atoms with Crippen molar-refractivity contribution in [3.05, 3.63) is 71.6 Å². The van der Waals surface area contributed by atoms with Gasteiger partial charge in [0.25, 0.3) is 5.91 Å². The number of nitrogens with zero attached hydrogens (tertiary/aromatic N) is 2. The summed E-state index contributed by atoms with van der Waals surface area (Å²) in [4.78, 5) is 16.4. The number of carbonyl (C=O) groups excluding carboxylic acids is 1. The summed E-state index contributed by atoms with van der Waals surface area (Å²) < 4.78 is 4.72. The Morgan fingerprint density at radius 3 is 2.77 bits per heavy atom. The van der Waals surface area contributed by atoms with Crippen molar-refractivity contribution in [3.8, 4) is 11.4 Å². The number of carbonyl (C=O) groups is 1. The SMILES string of the molecule is O=C(NCC1(O)CCCc2ccccc21)c1ccc(-c2ncon2)cc1. The molecule has 1 aromatic heterocycles. The zero-order chi connectivity index (χ0) is 18.0. The molecule has 6 nitrogen and oxygen atoms in total. The predicted octanol–water partition coefficient (Wildman–Crippen LogP) is 2.69. The number of hydrogen-bond acceptors (Lipinski definition) is 5. The van der Waals surface area contributed by atoms with Gasteiger partial charge in [-0.15, -0.1) is 0 Å². The molecular weight excluding hydrogens is 330 g/mol. The van der Waals surface area contributed by atoms with Gasteiger partial charge < -0.3 is 14.9 Å². The van der Waals surface area contributed by atoms with Crippen LogP contribution in [0.4, 0.5) is 0 Å². The summed E-state index contributed by atoms with van der Waals surface area (Å²) >= 11 is 0. The van der Waals surface area contributed by atoms with Gasteiger partial charge in [0.2, 0.25) is 12.2 Å². The number of rotatable bonds is 4. The van der Waals surface area contributed by atoms with Gasteiger partial charge in [-0.3, -0.25) is 4.79 Å². The number of aryl methyl sites for hydroxylation is 1. The topological polar surface area (TPSA) is 88.2 Å². The lowest BCUT2D eigenvalue weighted by Gasteiger charge is -2.34. The Labute approximate surface area is 150 Å². The molecule has 26 heavy (non-hydrogen) atoms. The van der Waals surface area contributed by atoms with Crippen molar-refractivity contribution < 1.29 is 14.4 Å². The lowest BCUT2D eigenvalue weighted by molar-refractivity contribution is 0.0189. The first kappa shape index (κ1) is 16.5. The Hall–Kier alpha value is -2.99. The third kappa shape index (κ3) is 3.11. The van der Waals surface area contributed by atoms with E-state index in [2.05, 4.69) is 15.5 Å². The number of nitrogens with one attached hydrogen (secondary N) is 1. The summed E-state index contributed by atoms with van der Waals surface area (Å²) in [5, 5.41) is 17.7. The molecule has 0 spiro atoms. The first-order valence-corrected chi connectivity index (χ1v) is 8.61. The molecule has 6 heteroatoms. The zero-order valence-corrected chi connectivity index (χ0v) is 14.2. The second kappa shape index (κ2) is 6.72. The normalized spacial score (nSPS) is 19.0. The van der Waals surface area contributed by atoms with Crippen molar-refractivity contribution in [2.75, 3.05) is 6.54 Å². The van der Waals surface area contributed by atoms with E-state index in [1.807, 2.05) is 24.3 Å². The van der Waals surface area contributed by atoms with E-state index < -0.39 is 5.60 Å². The standard InChI is InChI=1S/C20H19N3O3/c24-19(16-9-7-15(8-10-16)18-22-13-26-23-18)21-12-20(25)11-3-5-14-4-1-2-6-17(14)20/h1-2,4,6-10,13,25H,3,5,11-12H2,(H,21,24). The van der Waals surface area contributed by atoms with Crippen molar-refractivity contribution >= 4 is 5.91 Å². The summed E-state index contributed by atoms with van der Waals surface area (Å²) in [5.41, 5.74) is 2.34. The van der Waals surface area contributed by atoms with E-state index in [0.29, 0.717) is 17.8 Å². The number of aliphatic hydroxyl groups is 1. The van der Waals surface area contributed by atoms with Crippen LogP contribution in [-0.2, 0) is 12.0 Å². The smallest absolute Gasteiger partial charge is 0.251 e. The Morgan fingerprint density at radius 1 is 1.19 bits per heavy atom. The molecule has 3 aromatic rings. The van der Waals surface area contributed by atoms with Crippen LogP contribution < -0.4 is 5.32 Å². The molecule has 1 aliphatic rings. The summed E-state index contributed by atoms with van der Waals surface area (Å²) in [6, 6.07) is 14.8. The van der Waals surface area contributed by atoms with E-state index in [4.69, 9.17) is 4.52 Å². The van der Waals surface area contributed by atoms with Gasteiger partial charge in [0.05, 0.1) is 6.54 Å². The second-order valence-electron chi connectivity index (χ2n) is 6.56. The van der Waals surface area contributed by atoms with Crippen LogP contribution in [0.25, 0.3) is 11.4 Å². The van der Waals surface area contributed by atoms with E-state index in [1.165, 1.54) is 6.39 Å². The highest BCUT2D eigenvalue weighted by atomic mass is 16.5. The molecule has 0 saturated heterocycles. The molecule has 0 fully saturated rings. The van der Waals surface area contributed by atoms with Crippen molar-refractivity contribution in [2.45, 2.75) is 24.9 Å². The molecule has 1 amide bonds. The molecule has 0 bridgehead atoms. The fourth-order valence-electron chi connectivity index (χ4n) is 3.48. The van der Waals surface area contributed by atoms with E-state index in [9.17, 15) is 9.90 Å². The van der Waals surface area contributed by atoms with Crippen LogP contribution in [0.2, 0.25) is 0 Å². The van der Waals surface area contributed by atoms with Gasteiger partial charge >= 0.3 is 0 Å². The monoisotopic (exact) mass is 349 g/mol. The lowest BCUT2D eigenvalue weighted by atomic mass is 9.79. The largest absolute Gasteiger partial charge is 0.383 e. The highest BCUT2D eigenvalue weighted by Crippen LogP contribution is 2.34. The first-order chi connectivity index (χ1) is 12.7. The number of hydrogen-bond donors (Lipinski definition) is 2. The molecule has 2 N–H and O–H groups in total. The number of fused-ring (bicyclic) bond motifs is 1. The van der Waals surface area contributed by atoms with Gasteiger partial charge in [0.1, 0.15) is 5.60 Å². The summed E-state index contributed by atoms with van der Waals surface area (Å²) in [6.07, 6.45) is 3.77. The van der Waals surface area contributed by atoms with Crippen LogP contribution >= 0.6 is 0 Å². The Bertz CT molecular complexity index is 906. The fraction of sp³-hybridized carbons (Fsp3) is 0.250. The van der Waals surface area contributed by atoms with Crippen molar-refractivity contribution in [1.29, 1.82) is 0 Å². The molecule has 0 aliphatic heterocycles. The van der Waals surface area contributed by atoms with E-state index in [1.54, 1.807) is 24.3 Å². The summed E-state index contributed by atoms with van der Waals surface area (Å²) in [7, 11) is 0. The van der Waals surface area contributed by atoms with Gasteiger partial charge in [-0.05, 0) is 42.5 Å². The molecule has 1 atom stereocenters. The van der Waals surface area contributed by atoms with Crippen LogP contribution in [0.1, 0.15) is 34.3 Å². The summed E-state index contributed by atoms with van der Waals surface area (Å²) in [6.45, 7) is 0.190. The molecular formula is C20H19N3O3. The molecule has 132 valence electrons. The van der Waals surface area contributed by atoms with Crippen molar-refractivity contribution in [3.63, 3.8) is 0 Å². The van der Waals surface area contributed by atoms with Crippen LogP contribution in [0.15, 0.2) is 59.4 Å². The van der Waals surface area contributed by atoms with Crippen molar-refractivity contribution in [1.82, 2.24) is 15.5 Å². The van der Waals surface area contributed by atoms with Gasteiger partial charge in [-0.25, -0.2) is 0 Å². The van der Waals surface area contributed by atoms with Crippen LogP contribution in [0.3, 0.4) is 0 Å². The molecule has 2 aromatic carbocycles. The Balaban J connectivity index is 1.46. The average Bonchev–Trinajstić information content (AvgIpc) is 3.22. The van der Waals surface area contributed by atoms with E-state index in [-0.39, 0.29) is 12.5 Å². The van der Waals surface area contributed by atoms with Gasteiger partial charge in [-0.1, -0.05) is 41.6 Å². The fourth-order valence-corrected chi connectivity index (χ4v) is 3.48. The molecule has 0 saturated carbocycles. The minimum atomic E-state index is -1.02. The third-order valence-corrected chi connectivity index (χ3v) is 4.86.